The van der Waals surface area contributed by atoms with Crippen LogP contribution in [0.5, 0.6) is 0 Å². The van der Waals surface area contributed by atoms with Crippen LogP contribution in [0.1, 0.15) is 23.1 Å². The van der Waals surface area contributed by atoms with Crippen molar-refractivity contribution in [1.82, 2.24) is 4.99 Å². The SMILES string of the molecule is Cc1c(CCC(=O)O)cccc1C1=[N+]C=CS1.[I-]. The second kappa shape index (κ2) is 6.94. The second-order valence-electron chi connectivity index (χ2n) is 3.82. The quantitative estimate of drug-likeness (QED) is 0.711. The highest BCUT2D eigenvalue weighted by atomic mass is 127. The minimum Gasteiger partial charge on any atom is -1.00 e. The monoisotopic (exact) mass is 374 g/mol. The van der Waals surface area contributed by atoms with Gasteiger partial charge in [-0.1, -0.05) is 12.1 Å². The third kappa shape index (κ3) is 3.58. The van der Waals surface area contributed by atoms with E-state index in [-0.39, 0.29) is 30.4 Å². The standard InChI is InChI=1S/C13H13NO2S.HI/c1-9-10(5-6-12(15)16)3-2-4-11(9)13-14-7-8-17-13;/h2-4,7-8H,5-6H2,1H3,(H,15,16);1H/q+1;/p-1. The lowest BCUT2D eigenvalue weighted by atomic mass is 9.99. The van der Waals surface area contributed by atoms with Gasteiger partial charge in [0.05, 0.1) is 16.0 Å². The summed E-state index contributed by atoms with van der Waals surface area (Å²) >= 11 is 1.60. The summed E-state index contributed by atoms with van der Waals surface area (Å²) in [5.74, 6) is -0.760. The molecule has 0 spiro atoms. The maximum absolute atomic E-state index is 10.6. The molecule has 0 amide bonds. The van der Waals surface area contributed by atoms with E-state index in [2.05, 4.69) is 4.99 Å². The Balaban J connectivity index is 0.00000162. The molecule has 1 radical (unpaired) electrons. The Hall–Kier alpha value is -0.820. The molecule has 3 nitrogen and oxygen atoms in total. The number of hydrogen-bond acceptors (Lipinski definition) is 3. The van der Waals surface area contributed by atoms with Crippen molar-refractivity contribution in [3.05, 3.63) is 46.5 Å². The molecule has 2 rings (SSSR count). The van der Waals surface area contributed by atoms with E-state index in [1.165, 1.54) is 0 Å². The molecule has 0 aromatic heterocycles. The average molecular weight is 374 g/mol. The number of nitrogens with zero attached hydrogens (tertiary/aromatic N) is 1. The van der Waals surface area contributed by atoms with Crippen LogP contribution in [0.4, 0.5) is 0 Å². The van der Waals surface area contributed by atoms with Crippen LogP contribution >= 0.6 is 11.8 Å². The van der Waals surface area contributed by atoms with E-state index in [0.717, 1.165) is 21.7 Å². The number of benzene rings is 1. The number of hydrogen-bond donors (Lipinski definition) is 1. The summed E-state index contributed by atoms with van der Waals surface area (Å²) in [4.78, 5) is 14.9. The van der Waals surface area contributed by atoms with E-state index in [9.17, 15) is 4.79 Å². The summed E-state index contributed by atoms with van der Waals surface area (Å²) in [6, 6.07) is 5.97. The first kappa shape index (κ1) is 15.2. The first-order valence-electron chi connectivity index (χ1n) is 5.38. The van der Waals surface area contributed by atoms with E-state index < -0.39 is 5.97 Å². The summed E-state index contributed by atoms with van der Waals surface area (Å²) in [6.45, 7) is 2.02. The molecule has 1 N–H and O–H groups in total. The van der Waals surface area contributed by atoms with Gasteiger partial charge >= 0.3 is 11.0 Å². The number of aliphatic carboxylic acids is 1. The van der Waals surface area contributed by atoms with Gasteiger partial charge in [0.15, 0.2) is 0 Å². The van der Waals surface area contributed by atoms with Gasteiger partial charge in [-0.05, 0) is 42.3 Å². The number of aryl methyl sites for hydroxylation is 1. The summed E-state index contributed by atoms with van der Waals surface area (Å²) in [5, 5.41) is 11.6. The number of aliphatic imine (C=N–C) groups is 1. The fraction of sp³-hybridized carbons (Fsp3) is 0.231. The molecule has 5 heteroatoms. The van der Waals surface area contributed by atoms with E-state index >= 15 is 0 Å². The van der Waals surface area contributed by atoms with Gasteiger partial charge in [0, 0.05) is 6.42 Å². The van der Waals surface area contributed by atoms with Crippen molar-refractivity contribution in [3.8, 4) is 0 Å². The largest absolute Gasteiger partial charge is 1.00 e. The molecule has 0 fully saturated rings. The van der Waals surface area contributed by atoms with Crippen LogP contribution in [0.3, 0.4) is 0 Å². The maximum Gasteiger partial charge on any atom is 0.322 e. The van der Waals surface area contributed by atoms with E-state index in [1.54, 1.807) is 18.0 Å². The normalized spacial score (nSPS) is 13.1. The minimum absolute atomic E-state index is 0. The van der Waals surface area contributed by atoms with E-state index in [1.807, 2.05) is 30.5 Å². The molecular formula is C13H13INO2S. The van der Waals surface area contributed by atoms with Gasteiger partial charge < -0.3 is 29.1 Å². The zero-order valence-corrected chi connectivity index (χ0v) is 12.9. The van der Waals surface area contributed by atoms with Crippen LogP contribution in [0.2, 0.25) is 0 Å². The number of carboxylic acids is 1. The Kier molecular flexibility index (Phi) is 5.87. The van der Waals surface area contributed by atoms with Crippen molar-refractivity contribution in [3.63, 3.8) is 0 Å². The van der Waals surface area contributed by atoms with Gasteiger partial charge in [0.2, 0.25) is 0 Å². The lowest BCUT2D eigenvalue weighted by molar-refractivity contribution is -0.136. The molecule has 1 aliphatic rings. The van der Waals surface area contributed by atoms with Gasteiger partial charge in [-0.3, -0.25) is 4.79 Å². The average Bonchev–Trinajstić information content (AvgIpc) is 2.81. The molecule has 95 valence electrons. The summed E-state index contributed by atoms with van der Waals surface area (Å²) in [6.07, 6.45) is 2.52. The minimum atomic E-state index is -0.760. The Bertz CT molecular complexity index is 512. The number of thioether (sulfide) groups is 1. The maximum atomic E-state index is 10.6. The number of halogens is 1. The first-order chi connectivity index (χ1) is 8.18. The van der Waals surface area contributed by atoms with Crippen molar-refractivity contribution in [1.29, 1.82) is 0 Å². The van der Waals surface area contributed by atoms with Crippen LogP contribution in [-0.4, -0.2) is 16.1 Å². The highest BCUT2D eigenvalue weighted by Gasteiger charge is 2.21. The fourth-order valence-corrected chi connectivity index (χ4v) is 2.50. The van der Waals surface area contributed by atoms with Gasteiger partial charge in [0.1, 0.15) is 0 Å². The third-order valence-corrected chi connectivity index (χ3v) is 3.52. The topological polar surface area (TPSA) is 51.4 Å². The third-order valence-electron chi connectivity index (χ3n) is 2.72. The lowest BCUT2D eigenvalue weighted by Crippen LogP contribution is -3.00. The number of carbonyl (C=O) groups is 1. The molecule has 0 atom stereocenters. The Morgan fingerprint density at radius 2 is 2.22 bits per heavy atom. The Labute approximate surface area is 127 Å². The summed E-state index contributed by atoms with van der Waals surface area (Å²) in [5.41, 5.74) is 3.31. The molecule has 0 saturated carbocycles. The number of carboxylic acid groups (broad SMARTS) is 1. The molecule has 0 aliphatic carbocycles. The number of rotatable bonds is 4. The van der Waals surface area contributed by atoms with Crippen LogP contribution < -0.4 is 29.0 Å². The Morgan fingerprint density at radius 1 is 1.44 bits per heavy atom. The van der Waals surface area contributed by atoms with E-state index in [0.29, 0.717) is 6.42 Å². The predicted molar refractivity (Wildman–Crippen MR) is 70.1 cm³/mol. The fourth-order valence-electron chi connectivity index (χ4n) is 1.78. The Morgan fingerprint density at radius 3 is 2.83 bits per heavy atom. The molecule has 18 heavy (non-hydrogen) atoms. The van der Waals surface area contributed by atoms with Crippen LogP contribution in [-0.2, 0) is 11.2 Å². The van der Waals surface area contributed by atoms with E-state index in [4.69, 9.17) is 5.11 Å². The molecule has 1 aromatic rings. The predicted octanol–water partition coefficient (Wildman–Crippen LogP) is -0.683. The summed E-state index contributed by atoms with van der Waals surface area (Å²) in [7, 11) is 0. The van der Waals surface area contributed by atoms with Crippen molar-refractivity contribution in [2.75, 3.05) is 0 Å². The van der Waals surface area contributed by atoms with Crippen LogP contribution in [0.15, 0.2) is 29.8 Å². The molecule has 1 aromatic carbocycles. The van der Waals surface area contributed by atoms with Crippen molar-refractivity contribution in [2.45, 2.75) is 19.8 Å². The van der Waals surface area contributed by atoms with Crippen LogP contribution in [0.25, 0.3) is 0 Å². The zero-order chi connectivity index (χ0) is 12.3. The highest BCUT2D eigenvalue weighted by Crippen LogP contribution is 2.22. The lowest BCUT2D eigenvalue weighted by Gasteiger charge is -2.06. The van der Waals surface area contributed by atoms with Crippen molar-refractivity contribution >= 4 is 22.8 Å². The zero-order valence-electron chi connectivity index (χ0n) is 9.89. The van der Waals surface area contributed by atoms with Crippen molar-refractivity contribution < 1.29 is 33.9 Å². The summed E-state index contributed by atoms with van der Waals surface area (Å²) < 4.78 is 0. The molecule has 1 heterocycles. The first-order valence-corrected chi connectivity index (χ1v) is 6.26. The second-order valence-corrected chi connectivity index (χ2v) is 4.72. The van der Waals surface area contributed by atoms with Crippen molar-refractivity contribution in [2.24, 2.45) is 0 Å². The highest BCUT2D eigenvalue weighted by molar-refractivity contribution is 8.17. The van der Waals surface area contributed by atoms with Gasteiger partial charge in [-0.2, -0.15) is 0 Å². The molecule has 1 aliphatic heterocycles. The molecule has 0 bridgehead atoms. The van der Waals surface area contributed by atoms with Gasteiger partial charge in [-0.15, -0.1) is 0 Å². The van der Waals surface area contributed by atoms with Gasteiger partial charge in [0.25, 0.3) is 6.20 Å². The van der Waals surface area contributed by atoms with Gasteiger partial charge in [-0.25, -0.2) is 0 Å². The smallest absolute Gasteiger partial charge is 0.322 e. The molecule has 0 saturated heterocycles. The molecular weight excluding hydrogens is 361 g/mol. The van der Waals surface area contributed by atoms with Crippen LogP contribution in [0, 0.1) is 6.92 Å². The molecule has 0 unspecified atom stereocenters.